The van der Waals surface area contributed by atoms with Crippen LogP contribution < -0.4 is 0 Å². The van der Waals surface area contributed by atoms with Crippen LogP contribution in [-0.4, -0.2) is 20.9 Å². The number of carboxylic acids is 1. The molecule has 1 saturated carbocycles. The predicted octanol–water partition coefficient (Wildman–Crippen LogP) is 3.99. The fourth-order valence-electron chi connectivity index (χ4n) is 3.38. The van der Waals surface area contributed by atoms with Gasteiger partial charge in [0.25, 0.3) is 0 Å². The zero-order chi connectivity index (χ0) is 15.5. The monoisotopic (exact) mass is 312 g/mol. The van der Waals surface area contributed by atoms with Gasteiger partial charge in [-0.15, -0.1) is 0 Å². The van der Waals surface area contributed by atoms with E-state index in [9.17, 15) is 9.90 Å². The van der Waals surface area contributed by atoms with Crippen LogP contribution >= 0.6 is 11.6 Å². The van der Waals surface area contributed by atoms with Gasteiger partial charge in [0.1, 0.15) is 0 Å². The highest BCUT2D eigenvalue weighted by atomic mass is 35.5. The van der Waals surface area contributed by atoms with Crippen molar-refractivity contribution in [3.63, 3.8) is 0 Å². The summed E-state index contributed by atoms with van der Waals surface area (Å²) in [5.41, 5.74) is 1.06. The lowest BCUT2D eigenvalue weighted by Crippen LogP contribution is -2.35. The zero-order valence-electron chi connectivity index (χ0n) is 13.0. The average molecular weight is 313 g/mol. The van der Waals surface area contributed by atoms with Gasteiger partial charge in [0, 0.05) is 13.5 Å². The minimum atomic E-state index is -0.681. The first-order chi connectivity index (χ1) is 10.00. The molecule has 1 aromatic rings. The van der Waals surface area contributed by atoms with E-state index in [4.69, 9.17) is 11.6 Å². The normalized spacial score (nSPS) is 19.0. The van der Waals surface area contributed by atoms with E-state index < -0.39 is 11.4 Å². The number of nitrogens with zero attached hydrogens (tertiary/aromatic N) is 2. The molecule has 1 aliphatic rings. The smallest absolute Gasteiger partial charge is 0.310 e. The van der Waals surface area contributed by atoms with Crippen LogP contribution in [0.15, 0.2) is 0 Å². The molecule has 0 radical (unpaired) electrons. The van der Waals surface area contributed by atoms with Gasteiger partial charge in [0.2, 0.25) is 0 Å². The van der Waals surface area contributed by atoms with Gasteiger partial charge in [-0.2, -0.15) is 5.10 Å². The molecule has 1 fully saturated rings. The van der Waals surface area contributed by atoms with E-state index in [0.717, 1.165) is 56.3 Å². The van der Waals surface area contributed by atoms with Crippen LogP contribution in [0.5, 0.6) is 0 Å². The molecular weight excluding hydrogens is 288 g/mol. The minimum absolute atomic E-state index is 0.491. The minimum Gasteiger partial charge on any atom is -0.481 e. The Balaban J connectivity index is 2.31. The summed E-state index contributed by atoms with van der Waals surface area (Å²) in [6.07, 6.45) is 8.21. The van der Waals surface area contributed by atoms with Crippen molar-refractivity contribution in [2.24, 2.45) is 12.5 Å². The van der Waals surface area contributed by atoms with Crippen molar-refractivity contribution in [3.05, 3.63) is 16.4 Å². The summed E-state index contributed by atoms with van der Waals surface area (Å²) in [6.45, 7) is 2.01. The molecular formula is C16H25ClN2O2. The van der Waals surface area contributed by atoms with Crippen LogP contribution in [0.1, 0.15) is 63.3 Å². The Morgan fingerprint density at radius 3 is 2.33 bits per heavy atom. The molecule has 1 heterocycles. The third-order valence-corrected chi connectivity index (χ3v) is 5.21. The van der Waals surface area contributed by atoms with Gasteiger partial charge in [0.05, 0.1) is 21.8 Å². The maximum absolute atomic E-state index is 12.0. The first-order valence-electron chi connectivity index (χ1n) is 7.94. The van der Waals surface area contributed by atoms with E-state index in [1.165, 1.54) is 6.42 Å². The molecule has 118 valence electrons. The van der Waals surface area contributed by atoms with Crippen LogP contribution in [-0.2, 0) is 24.7 Å². The number of carboxylic acid groups (broad SMARTS) is 1. The van der Waals surface area contributed by atoms with Crippen molar-refractivity contribution in [2.75, 3.05) is 0 Å². The highest BCUT2D eigenvalue weighted by Gasteiger charge is 2.39. The number of hydrogen-bond donors (Lipinski definition) is 1. The summed E-state index contributed by atoms with van der Waals surface area (Å²) in [4.78, 5) is 12.0. The molecule has 0 spiro atoms. The lowest BCUT2D eigenvalue weighted by atomic mass is 9.73. The Kier molecular flexibility index (Phi) is 5.31. The number of hydrogen-bond acceptors (Lipinski definition) is 2. The number of aryl methyl sites for hydroxylation is 2. The zero-order valence-corrected chi connectivity index (χ0v) is 13.7. The Labute approximate surface area is 131 Å². The van der Waals surface area contributed by atoms with Crippen molar-refractivity contribution in [3.8, 4) is 0 Å². The van der Waals surface area contributed by atoms with Crippen LogP contribution in [0.2, 0.25) is 5.02 Å². The summed E-state index contributed by atoms with van der Waals surface area (Å²) in [5, 5.41) is 14.9. The lowest BCUT2D eigenvalue weighted by molar-refractivity contribution is -0.150. The van der Waals surface area contributed by atoms with Gasteiger partial charge >= 0.3 is 5.97 Å². The van der Waals surface area contributed by atoms with Crippen LogP contribution in [0.4, 0.5) is 0 Å². The predicted molar refractivity (Wildman–Crippen MR) is 83.7 cm³/mol. The standard InChI is InChI=1S/C16H25ClN2O2/c1-3-12-14(17)13(19(2)18-12)11-16(15(20)21)9-7-5-4-6-8-10-16/h3-11H2,1-2H3,(H,20,21). The molecule has 1 aromatic heterocycles. The third kappa shape index (κ3) is 3.42. The number of aromatic nitrogens is 2. The van der Waals surface area contributed by atoms with E-state index >= 15 is 0 Å². The maximum Gasteiger partial charge on any atom is 0.310 e. The molecule has 0 saturated heterocycles. The van der Waals surface area contributed by atoms with Crippen molar-refractivity contribution in [1.29, 1.82) is 0 Å². The Morgan fingerprint density at radius 1 is 1.29 bits per heavy atom. The summed E-state index contributed by atoms with van der Waals surface area (Å²) >= 11 is 6.41. The average Bonchev–Trinajstić information content (AvgIpc) is 2.68. The molecule has 5 heteroatoms. The van der Waals surface area contributed by atoms with Crippen molar-refractivity contribution in [2.45, 2.75) is 64.7 Å². The number of rotatable bonds is 4. The topological polar surface area (TPSA) is 55.1 Å². The molecule has 4 nitrogen and oxygen atoms in total. The number of carbonyl (C=O) groups is 1. The molecule has 1 N–H and O–H groups in total. The second-order valence-electron chi connectivity index (χ2n) is 6.21. The highest BCUT2D eigenvalue weighted by Crippen LogP contribution is 2.39. The molecule has 0 amide bonds. The van der Waals surface area contributed by atoms with Crippen LogP contribution in [0.3, 0.4) is 0 Å². The van der Waals surface area contributed by atoms with Gasteiger partial charge in [-0.1, -0.05) is 50.6 Å². The Morgan fingerprint density at radius 2 is 1.86 bits per heavy atom. The quantitative estimate of drug-likeness (QED) is 0.914. The van der Waals surface area contributed by atoms with E-state index in [-0.39, 0.29) is 0 Å². The second kappa shape index (κ2) is 6.82. The first-order valence-corrected chi connectivity index (χ1v) is 8.31. The van der Waals surface area contributed by atoms with Gasteiger partial charge in [-0.05, 0) is 19.3 Å². The molecule has 21 heavy (non-hydrogen) atoms. The van der Waals surface area contributed by atoms with Gasteiger partial charge < -0.3 is 5.11 Å². The highest BCUT2D eigenvalue weighted by molar-refractivity contribution is 6.31. The number of aliphatic carboxylic acids is 1. The molecule has 0 unspecified atom stereocenters. The summed E-state index contributed by atoms with van der Waals surface area (Å²) in [6, 6.07) is 0. The molecule has 0 aliphatic heterocycles. The van der Waals surface area contributed by atoms with Crippen LogP contribution in [0.25, 0.3) is 0 Å². The molecule has 1 aliphatic carbocycles. The van der Waals surface area contributed by atoms with E-state index in [0.29, 0.717) is 11.4 Å². The van der Waals surface area contributed by atoms with Crippen molar-refractivity contribution in [1.82, 2.24) is 9.78 Å². The van der Waals surface area contributed by atoms with Gasteiger partial charge in [-0.25, -0.2) is 0 Å². The number of halogens is 1. The largest absolute Gasteiger partial charge is 0.481 e. The Bertz CT molecular complexity index is 503. The van der Waals surface area contributed by atoms with Crippen LogP contribution in [0, 0.1) is 5.41 Å². The maximum atomic E-state index is 12.0. The van der Waals surface area contributed by atoms with Crippen molar-refractivity contribution < 1.29 is 9.90 Å². The SMILES string of the molecule is CCc1nn(C)c(CC2(C(=O)O)CCCCCCC2)c1Cl. The third-order valence-electron chi connectivity index (χ3n) is 4.77. The first kappa shape index (κ1) is 16.3. The fraction of sp³-hybridized carbons (Fsp3) is 0.750. The second-order valence-corrected chi connectivity index (χ2v) is 6.59. The lowest BCUT2D eigenvalue weighted by Gasteiger charge is -2.31. The molecule has 0 aromatic carbocycles. The molecule has 0 atom stereocenters. The van der Waals surface area contributed by atoms with Crippen molar-refractivity contribution >= 4 is 17.6 Å². The summed E-state index contributed by atoms with van der Waals surface area (Å²) in [7, 11) is 1.86. The summed E-state index contributed by atoms with van der Waals surface area (Å²) in [5.74, 6) is -0.681. The van der Waals surface area contributed by atoms with Gasteiger partial charge in [0.15, 0.2) is 0 Å². The fourth-order valence-corrected chi connectivity index (χ4v) is 3.74. The molecule has 0 bridgehead atoms. The summed E-state index contributed by atoms with van der Waals surface area (Å²) < 4.78 is 1.77. The van der Waals surface area contributed by atoms with Gasteiger partial charge in [-0.3, -0.25) is 9.48 Å². The van der Waals surface area contributed by atoms with E-state index in [1.807, 2.05) is 14.0 Å². The van der Waals surface area contributed by atoms with E-state index in [2.05, 4.69) is 5.10 Å². The molecule has 2 rings (SSSR count). The Hall–Kier alpha value is -1.03. The van der Waals surface area contributed by atoms with E-state index in [1.54, 1.807) is 4.68 Å².